The third-order valence-corrected chi connectivity index (χ3v) is 3.73. The summed E-state index contributed by atoms with van der Waals surface area (Å²) in [6.45, 7) is 6.67. The van der Waals surface area contributed by atoms with Gasteiger partial charge in [-0.25, -0.2) is 0 Å². The zero-order valence-corrected chi connectivity index (χ0v) is 12.1. The SMILES string of the molecule is CCNC(C)(C)C(=O)NC(c1ccccc1)C1CC1. The number of carbonyl (C=O) groups excluding carboxylic acids is 1. The molecule has 2 rings (SSSR count). The molecule has 0 aliphatic heterocycles. The van der Waals surface area contributed by atoms with Gasteiger partial charge in [0.25, 0.3) is 0 Å². The minimum absolute atomic E-state index is 0.0788. The molecule has 2 N–H and O–H groups in total. The van der Waals surface area contributed by atoms with Gasteiger partial charge in [-0.15, -0.1) is 0 Å². The van der Waals surface area contributed by atoms with E-state index in [0.29, 0.717) is 5.92 Å². The molecule has 1 atom stereocenters. The molecule has 0 saturated heterocycles. The average molecular weight is 260 g/mol. The maximum atomic E-state index is 12.4. The summed E-state index contributed by atoms with van der Waals surface area (Å²) in [7, 11) is 0. The Morgan fingerprint density at radius 3 is 2.47 bits per heavy atom. The maximum Gasteiger partial charge on any atom is 0.240 e. The highest BCUT2D eigenvalue weighted by atomic mass is 16.2. The fourth-order valence-corrected chi connectivity index (χ4v) is 2.41. The first-order valence-electron chi connectivity index (χ1n) is 7.15. The van der Waals surface area contributed by atoms with Crippen LogP contribution in [-0.4, -0.2) is 18.0 Å². The van der Waals surface area contributed by atoms with Gasteiger partial charge in [-0.3, -0.25) is 4.79 Å². The summed E-state index contributed by atoms with van der Waals surface area (Å²) in [5.74, 6) is 0.680. The maximum absolute atomic E-state index is 12.4. The smallest absolute Gasteiger partial charge is 0.240 e. The Hall–Kier alpha value is -1.35. The molecule has 3 nitrogen and oxygen atoms in total. The van der Waals surface area contributed by atoms with Crippen molar-refractivity contribution < 1.29 is 4.79 Å². The van der Waals surface area contributed by atoms with Gasteiger partial charge in [-0.1, -0.05) is 37.3 Å². The van der Waals surface area contributed by atoms with Crippen LogP contribution >= 0.6 is 0 Å². The quantitative estimate of drug-likeness (QED) is 0.825. The lowest BCUT2D eigenvalue weighted by Gasteiger charge is -2.28. The van der Waals surface area contributed by atoms with Crippen molar-refractivity contribution in [2.45, 2.75) is 45.2 Å². The van der Waals surface area contributed by atoms with E-state index >= 15 is 0 Å². The summed E-state index contributed by atoms with van der Waals surface area (Å²) in [6, 6.07) is 10.4. The standard InChI is InChI=1S/C16H24N2O/c1-4-17-16(2,3)15(19)18-14(13-10-11-13)12-8-6-5-7-9-12/h5-9,13-14,17H,4,10-11H2,1-3H3,(H,18,19). The van der Waals surface area contributed by atoms with E-state index in [0.717, 1.165) is 6.54 Å². The Morgan fingerprint density at radius 2 is 1.95 bits per heavy atom. The Kier molecular flexibility index (Phi) is 4.25. The van der Waals surface area contributed by atoms with Crippen molar-refractivity contribution in [1.82, 2.24) is 10.6 Å². The highest BCUT2D eigenvalue weighted by Crippen LogP contribution is 2.41. The van der Waals surface area contributed by atoms with Crippen LogP contribution in [0.1, 0.15) is 45.2 Å². The molecule has 1 aromatic rings. The fraction of sp³-hybridized carbons (Fsp3) is 0.562. The number of rotatable bonds is 6. The van der Waals surface area contributed by atoms with Crippen molar-refractivity contribution >= 4 is 5.91 Å². The van der Waals surface area contributed by atoms with Crippen molar-refractivity contribution in [3.8, 4) is 0 Å². The largest absolute Gasteiger partial charge is 0.347 e. The van der Waals surface area contributed by atoms with Gasteiger partial charge in [-0.2, -0.15) is 0 Å². The zero-order valence-electron chi connectivity index (χ0n) is 12.1. The van der Waals surface area contributed by atoms with Crippen LogP contribution in [0, 0.1) is 5.92 Å². The first-order valence-corrected chi connectivity index (χ1v) is 7.15. The molecule has 0 radical (unpaired) electrons. The summed E-state index contributed by atoms with van der Waals surface area (Å²) in [5, 5.41) is 6.44. The Bertz CT molecular complexity index is 424. The second-order valence-electron chi connectivity index (χ2n) is 5.85. The third-order valence-electron chi connectivity index (χ3n) is 3.73. The van der Waals surface area contributed by atoms with Gasteiger partial charge in [0.1, 0.15) is 0 Å². The monoisotopic (exact) mass is 260 g/mol. The molecule has 0 bridgehead atoms. The summed E-state index contributed by atoms with van der Waals surface area (Å²) >= 11 is 0. The molecule has 104 valence electrons. The van der Waals surface area contributed by atoms with E-state index in [1.165, 1.54) is 18.4 Å². The highest BCUT2D eigenvalue weighted by Gasteiger charge is 2.36. The molecule has 1 aromatic carbocycles. The van der Waals surface area contributed by atoms with Crippen LogP contribution in [0.5, 0.6) is 0 Å². The zero-order chi connectivity index (χ0) is 13.9. The van der Waals surface area contributed by atoms with Crippen LogP contribution in [0.25, 0.3) is 0 Å². The first kappa shape index (κ1) is 14.1. The molecule has 3 heteroatoms. The molecule has 0 heterocycles. The van der Waals surface area contributed by atoms with Gasteiger partial charge in [0.2, 0.25) is 5.91 Å². The Balaban J connectivity index is 2.08. The van der Waals surface area contributed by atoms with Crippen LogP contribution in [0.15, 0.2) is 30.3 Å². The molecule has 1 amide bonds. The predicted molar refractivity (Wildman–Crippen MR) is 77.8 cm³/mol. The Labute approximate surface area is 115 Å². The van der Waals surface area contributed by atoms with E-state index < -0.39 is 5.54 Å². The highest BCUT2D eigenvalue weighted by molar-refractivity contribution is 5.85. The number of amides is 1. The second-order valence-corrected chi connectivity index (χ2v) is 5.85. The topological polar surface area (TPSA) is 41.1 Å². The van der Waals surface area contributed by atoms with Crippen molar-refractivity contribution in [2.24, 2.45) is 5.92 Å². The van der Waals surface area contributed by atoms with E-state index in [1.807, 2.05) is 39.0 Å². The molecule has 1 aliphatic carbocycles. The lowest BCUT2D eigenvalue weighted by atomic mass is 9.99. The molecule has 1 aliphatic rings. The molecule has 0 aromatic heterocycles. The average Bonchev–Trinajstić information content (AvgIpc) is 3.21. The van der Waals surface area contributed by atoms with Gasteiger partial charge < -0.3 is 10.6 Å². The molecule has 1 saturated carbocycles. The molecular formula is C16H24N2O. The van der Waals surface area contributed by atoms with Crippen LogP contribution in [-0.2, 0) is 4.79 Å². The predicted octanol–water partition coefficient (Wildman–Crippen LogP) is 2.64. The third kappa shape index (κ3) is 3.57. The minimum atomic E-state index is -0.517. The van der Waals surface area contributed by atoms with Crippen molar-refractivity contribution in [2.75, 3.05) is 6.54 Å². The number of carbonyl (C=O) groups is 1. The number of benzene rings is 1. The van der Waals surface area contributed by atoms with E-state index in [2.05, 4.69) is 22.8 Å². The summed E-state index contributed by atoms with van der Waals surface area (Å²) in [5.41, 5.74) is 0.696. The second kappa shape index (κ2) is 5.74. The van der Waals surface area contributed by atoms with Crippen LogP contribution < -0.4 is 10.6 Å². The van der Waals surface area contributed by atoms with Gasteiger partial charge in [0.15, 0.2) is 0 Å². The van der Waals surface area contributed by atoms with Crippen LogP contribution in [0.4, 0.5) is 0 Å². The molecule has 1 unspecified atom stereocenters. The van der Waals surface area contributed by atoms with Crippen LogP contribution in [0.2, 0.25) is 0 Å². The molecule has 19 heavy (non-hydrogen) atoms. The van der Waals surface area contributed by atoms with E-state index in [9.17, 15) is 4.79 Å². The van der Waals surface area contributed by atoms with Crippen molar-refractivity contribution in [3.05, 3.63) is 35.9 Å². The van der Waals surface area contributed by atoms with Gasteiger partial charge >= 0.3 is 0 Å². The Morgan fingerprint density at radius 1 is 1.32 bits per heavy atom. The molecular weight excluding hydrogens is 236 g/mol. The minimum Gasteiger partial charge on any atom is -0.347 e. The lowest BCUT2D eigenvalue weighted by Crippen LogP contribution is -2.53. The number of nitrogens with one attached hydrogen (secondary N) is 2. The summed E-state index contributed by atoms with van der Waals surface area (Å²) < 4.78 is 0. The van der Waals surface area contributed by atoms with E-state index in [1.54, 1.807) is 0 Å². The number of hydrogen-bond donors (Lipinski definition) is 2. The number of likely N-dealkylation sites (N-methyl/N-ethyl adjacent to an activating group) is 1. The first-order chi connectivity index (χ1) is 9.04. The van der Waals surface area contributed by atoms with Gasteiger partial charge in [0.05, 0.1) is 11.6 Å². The lowest BCUT2D eigenvalue weighted by molar-refractivity contribution is -0.127. The van der Waals surface area contributed by atoms with Crippen molar-refractivity contribution in [1.29, 1.82) is 0 Å². The van der Waals surface area contributed by atoms with Gasteiger partial charge in [-0.05, 0) is 44.7 Å². The molecule has 0 spiro atoms. The number of hydrogen-bond acceptors (Lipinski definition) is 2. The van der Waals surface area contributed by atoms with Crippen molar-refractivity contribution in [3.63, 3.8) is 0 Å². The van der Waals surface area contributed by atoms with Gasteiger partial charge in [0, 0.05) is 0 Å². The van der Waals surface area contributed by atoms with Crippen LogP contribution in [0.3, 0.4) is 0 Å². The summed E-state index contributed by atoms with van der Waals surface area (Å²) in [6.07, 6.45) is 2.42. The summed E-state index contributed by atoms with van der Waals surface area (Å²) in [4.78, 5) is 12.4. The van der Waals surface area contributed by atoms with E-state index in [-0.39, 0.29) is 11.9 Å². The molecule has 1 fully saturated rings. The fourth-order valence-electron chi connectivity index (χ4n) is 2.41. The normalized spacial score (nSPS) is 17.0. The van der Waals surface area contributed by atoms with E-state index in [4.69, 9.17) is 0 Å².